The van der Waals surface area contributed by atoms with Crippen molar-refractivity contribution in [3.05, 3.63) is 0 Å². The quantitative estimate of drug-likeness (QED) is 0.316. The van der Waals surface area contributed by atoms with E-state index in [4.69, 9.17) is 4.74 Å². The van der Waals surface area contributed by atoms with Crippen LogP contribution in [0.3, 0.4) is 0 Å². The molecule has 2 N–H and O–H groups in total. The van der Waals surface area contributed by atoms with E-state index in [2.05, 4.69) is 15.6 Å². The summed E-state index contributed by atoms with van der Waals surface area (Å²) in [4.78, 5) is 17.3. The highest BCUT2D eigenvalue weighted by molar-refractivity contribution is 14.0. The molecular weight excluding hydrogens is 359 g/mol. The molecule has 0 aliphatic rings. The number of methoxy groups -OCH3 is 1. The average Bonchev–Trinajstić information content (AvgIpc) is 2.23. The van der Waals surface area contributed by atoms with Gasteiger partial charge in [-0.05, 0) is 20.8 Å². The van der Waals surface area contributed by atoms with Crippen molar-refractivity contribution in [3.8, 4) is 0 Å². The summed E-state index contributed by atoms with van der Waals surface area (Å²) in [6, 6.07) is 0. The third-order valence-electron chi connectivity index (χ3n) is 1.96. The van der Waals surface area contributed by atoms with Gasteiger partial charge in [-0.1, -0.05) is 0 Å². The lowest BCUT2D eigenvalue weighted by molar-refractivity contribution is -0.127. The van der Waals surface area contributed by atoms with Crippen LogP contribution in [0.4, 0.5) is 0 Å². The molecule has 0 bridgehead atoms. The highest BCUT2D eigenvalue weighted by Gasteiger charge is 2.12. The predicted octanol–water partition coefficient (Wildman–Crippen LogP) is 0.673. The summed E-state index contributed by atoms with van der Waals surface area (Å²) in [5.74, 6) is 0.589. The van der Waals surface area contributed by atoms with Gasteiger partial charge in [-0.3, -0.25) is 4.79 Å². The average molecular weight is 386 g/mol. The van der Waals surface area contributed by atoms with Crippen LogP contribution in [0.5, 0.6) is 0 Å². The lowest BCUT2D eigenvalue weighted by Crippen LogP contribution is -2.48. The summed E-state index contributed by atoms with van der Waals surface area (Å²) < 4.78 is 4.97. The van der Waals surface area contributed by atoms with Gasteiger partial charge in [0.05, 0.1) is 6.61 Å². The van der Waals surface area contributed by atoms with Gasteiger partial charge in [0.1, 0.15) is 6.54 Å². The maximum Gasteiger partial charge on any atom is 0.243 e. The minimum atomic E-state index is -0.111. The number of carbonyl (C=O) groups is 1. The van der Waals surface area contributed by atoms with E-state index in [0.29, 0.717) is 19.1 Å². The number of amides is 1. The van der Waals surface area contributed by atoms with Gasteiger partial charge >= 0.3 is 0 Å². The van der Waals surface area contributed by atoms with Crippen molar-refractivity contribution in [1.82, 2.24) is 15.5 Å². The van der Waals surface area contributed by atoms with Gasteiger partial charge in [0.2, 0.25) is 5.91 Å². The van der Waals surface area contributed by atoms with Gasteiger partial charge in [-0.15, -0.1) is 24.0 Å². The number of guanidine groups is 1. The van der Waals surface area contributed by atoms with E-state index in [0.717, 1.165) is 0 Å². The zero-order chi connectivity index (χ0) is 14.2. The Morgan fingerprint density at radius 2 is 1.89 bits per heavy atom. The first-order chi connectivity index (χ1) is 8.26. The SMILES string of the molecule is COCCNC(=NCC(=O)N(C)C)NC(C)(C)C.I. The third-order valence-corrected chi connectivity index (χ3v) is 1.96. The van der Waals surface area contributed by atoms with Crippen molar-refractivity contribution in [2.75, 3.05) is 40.9 Å². The number of hydrogen-bond acceptors (Lipinski definition) is 3. The largest absolute Gasteiger partial charge is 0.383 e. The molecule has 0 aliphatic carbocycles. The first kappa shape index (κ1) is 20.7. The van der Waals surface area contributed by atoms with Crippen molar-refractivity contribution < 1.29 is 9.53 Å². The standard InChI is InChI=1S/C12H26N4O2.HI/c1-12(2,3)15-11(13-7-8-18-6)14-9-10(17)16(4)5;/h7-9H2,1-6H3,(H2,13,14,15);1H. The van der Waals surface area contributed by atoms with Gasteiger partial charge in [0.15, 0.2) is 5.96 Å². The second-order valence-corrected chi connectivity index (χ2v) is 5.25. The molecule has 19 heavy (non-hydrogen) atoms. The summed E-state index contributed by atoms with van der Waals surface area (Å²) in [6.45, 7) is 7.48. The summed E-state index contributed by atoms with van der Waals surface area (Å²) in [5, 5.41) is 6.34. The fourth-order valence-electron chi connectivity index (χ4n) is 1.05. The van der Waals surface area contributed by atoms with Crippen molar-refractivity contribution in [1.29, 1.82) is 0 Å². The molecule has 0 saturated carbocycles. The van der Waals surface area contributed by atoms with Crippen molar-refractivity contribution >= 4 is 35.8 Å². The molecule has 0 fully saturated rings. The lowest BCUT2D eigenvalue weighted by Gasteiger charge is -2.24. The van der Waals surface area contributed by atoms with E-state index in [1.54, 1.807) is 21.2 Å². The Morgan fingerprint density at radius 3 is 2.32 bits per heavy atom. The minimum Gasteiger partial charge on any atom is -0.383 e. The highest BCUT2D eigenvalue weighted by atomic mass is 127. The van der Waals surface area contributed by atoms with E-state index in [1.807, 2.05) is 20.8 Å². The van der Waals surface area contributed by atoms with Crippen molar-refractivity contribution in [2.24, 2.45) is 4.99 Å². The molecule has 0 saturated heterocycles. The van der Waals surface area contributed by atoms with Crippen LogP contribution in [-0.4, -0.2) is 63.2 Å². The molecule has 0 aromatic rings. The van der Waals surface area contributed by atoms with Crippen LogP contribution in [0.15, 0.2) is 4.99 Å². The molecule has 0 spiro atoms. The van der Waals surface area contributed by atoms with E-state index in [9.17, 15) is 4.79 Å². The van der Waals surface area contributed by atoms with E-state index in [1.165, 1.54) is 4.90 Å². The van der Waals surface area contributed by atoms with Crippen LogP contribution >= 0.6 is 24.0 Å². The number of nitrogens with zero attached hydrogens (tertiary/aromatic N) is 2. The molecule has 0 aliphatic heterocycles. The highest BCUT2D eigenvalue weighted by Crippen LogP contribution is 1.97. The molecule has 0 atom stereocenters. The minimum absolute atomic E-state index is 0. The van der Waals surface area contributed by atoms with Gasteiger partial charge in [-0.25, -0.2) is 4.99 Å². The zero-order valence-electron chi connectivity index (χ0n) is 12.7. The Labute approximate surface area is 133 Å². The van der Waals surface area contributed by atoms with Gasteiger partial charge in [0.25, 0.3) is 0 Å². The molecule has 0 unspecified atom stereocenters. The number of likely N-dealkylation sites (N-methyl/N-ethyl adjacent to an activating group) is 1. The molecule has 114 valence electrons. The number of nitrogens with one attached hydrogen (secondary N) is 2. The van der Waals surface area contributed by atoms with Gasteiger partial charge < -0.3 is 20.3 Å². The molecule has 0 heterocycles. The molecule has 0 aromatic carbocycles. The van der Waals surface area contributed by atoms with Crippen LogP contribution in [0.2, 0.25) is 0 Å². The van der Waals surface area contributed by atoms with Crippen LogP contribution in [0.25, 0.3) is 0 Å². The Balaban J connectivity index is 0. The molecule has 0 aromatic heterocycles. The molecule has 1 amide bonds. The predicted molar refractivity (Wildman–Crippen MR) is 89.2 cm³/mol. The second kappa shape index (κ2) is 10.2. The molecule has 7 heteroatoms. The number of carbonyl (C=O) groups excluding carboxylic acids is 1. The number of hydrogen-bond donors (Lipinski definition) is 2. The Bertz CT molecular complexity index is 288. The first-order valence-corrected chi connectivity index (χ1v) is 6.02. The second-order valence-electron chi connectivity index (χ2n) is 5.25. The van der Waals surface area contributed by atoms with Crippen LogP contribution in [0, 0.1) is 0 Å². The number of ether oxygens (including phenoxy) is 1. The molecule has 6 nitrogen and oxygen atoms in total. The first-order valence-electron chi connectivity index (χ1n) is 6.02. The zero-order valence-corrected chi connectivity index (χ0v) is 15.1. The number of halogens is 1. The monoisotopic (exact) mass is 386 g/mol. The van der Waals surface area contributed by atoms with Crippen molar-refractivity contribution in [3.63, 3.8) is 0 Å². The van der Waals surface area contributed by atoms with Gasteiger partial charge in [-0.2, -0.15) is 0 Å². The summed E-state index contributed by atoms with van der Waals surface area (Å²) >= 11 is 0. The van der Waals surface area contributed by atoms with Crippen LogP contribution < -0.4 is 10.6 Å². The third kappa shape index (κ3) is 12.2. The topological polar surface area (TPSA) is 66.0 Å². The maximum atomic E-state index is 11.5. The van der Waals surface area contributed by atoms with Crippen LogP contribution in [0.1, 0.15) is 20.8 Å². The molecular formula is C12H27IN4O2. The van der Waals surface area contributed by atoms with Crippen LogP contribution in [-0.2, 0) is 9.53 Å². The van der Waals surface area contributed by atoms with Gasteiger partial charge in [0, 0.05) is 33.3 Å². The molecule has 0 radical (unpaired) electrons. The van der Waals surface area contributed by atoms with E-state index >= 15 is 0 Å². The fraction of sp³-hybridized carbons (Fsp3) is 0.833. The Morgan fingerprint density at radius 1 is 1.32 bits per heavy atom. The van der Waals surface area contributed by atoms with E-state index in [-0.39, 0.29) is 42.0 Å². The number of aliphatic imine (C=N–C) groups is 1. The number of rotatable bonds is 5. The molecule has 0 rings (SSSR count). The summed E-state index contributed by atoms with van der Waals surface area (Å²) in [5.41, 5.74) is -0.111. The van der Waals surface area contributed by atoms with E-state index < -0.39 is 0 Å². The summed E-state index contributed by atoms with van der Waals surface area (Å²) in [6.07, 6.45) is 0. The Hall–Kier alpha value is -0.570. The normalized spacial score (nSPS) is 11.6. The van der Waals surface area contributed by atoms with Crippen molar-refractivity contribution in [2.45, 2.75) is 26.3 Å². The fourth-order valence-corrected chi connectivity index (χ4v) is 1.05. The smallest absolute Gasteiger partial charge is 0.243 e. The summed E-state index contributed by atoms with van der Waals surface area (Å²) in [7, 11) is 5.07. The maximum absolute atomic E-state index is 11.5. The lowest BCUT2D eigenvalue weighted by atomic mass is 10.1. The Kier molecular flexibility index (Phi) is 11.2.